The molecular weight excluding hydrogens is 204 g/mol. The van der Waals surface area contributed by atoms with Crippen LogP contribution < -0.4 is 0 Å². The highest BCUT2D eigenvalue weighted by Crippen LogP contribution is 2.10. The van der Waals surface area contributed by atoms with E-state index in [1.807, 2.05) is 0 Å². The average molecular weight is 220 g/mol. The molecule has 0 aromatic rings. The van der Waals surface area contributed by atoms with Crippen LogP contribution >= 0.6 is 0 Å². The van der Waals surface area contributed by atoms with Crippen molar-refractivity contribution >= 4 is 17.9 Å². The first-order chi connectivity index (χ1) is 6.81. The molecule has 0 bridgehead atoms. The molecule has 0 aliphatic carbocycles. The Bertz CT molecular complexity index is 219. The van der Waals surface area contributed by atoms with Crippen LogP contribution in [-0.4, -0.2) is 33.2 Å². The van der Waals surface area contributed by atoms with Crippen LogP contribution in [0.5, 0.6) is 0 Å². The van der Waals surface area contributed by atoms with Gasteiger partial charge in [0.25, 0.3) is 5.97 Å². The summed E-state index contributed by atoms with van der Waals surface area (Å²) in [5, 5.41) is 24.2. The Balaban J connectivity index is 0. The second-order valence-corrected chi connectivity index (χ2v) is 2.89. The molecule has 3 N–H and O–H groups in total. The number of carboxylic acid groups (broad SMARTS) is 3. The monoisotopic (exact) mass is 220 g/mol. The Hall–Kier alpha value is -1.59. The van der Waals surface area contributed by atoms with Crippen LogP contribution in [0.4, 0.5) is 0 Å². The molecule has 6 nitrogen and oxygen atoms in total. The van der Waals surface area contributed by atoms with Gasteiger partial charge in [-0.3, -0.25) is 14.4 Å². The van der Waals surface area contributed by atoms with Gasteiger partial charge in [0.2, 0.25) is 0 Å². The van der Waals surface area contributed by atoms with E-state index in [1.54, 1.807) is 6.92 Å². The summed E-state index contributed by atoms with van der Waals surface area (Å²) >= 11 is 0. The number of hydrogen-bond donors (Lipinski definition) is 3. The molecule has 15 heavy (non-hydrogen) atoms. The zero-order chi connectivity index (χ0) is 12.4. The molecule has 1 unspecified atom stereocenters. The normalized spacial score (nSPS) is 10.8. The molecule has 6 heteroatoms. The summed E-state index contributed by atoms with van der Waals surface area (Å²) in [7, 11) is 0. The second kappa shape index (κ2) is 8.98. The fourth-order valence-corrected chi connectivity index (χ4v) is 0.800. The standard InChI is InChI=1S/C7H12O4.C2H4O2/c1-2-5(7(10)11)3-4-6(8)9;1-2(3)4/h5H,2-4H2,1H3,(H,8,9)(H,10,11);1H3,(H,3,4). The Labute approximate surface area is 87.5 Å². The molecule has 1 atom stereocenters. The summed E-state index contributed by atoms with van der Waals surface area (Å²) in [5.74, 6) is -3.19. The Morgan fingerprint density at radius 1 is 1.13 bits per heavy atom. The molecule has 0 rings (SSSR count). The molecule has 0 saturated heterocycles. The van der Waals surface area contributed by atoms with E-state index in [0.29, 0.717) is 6.42 Å². The van der Waals surface area contributed by atoms with Crippen molar-refractivity contribution in [1.82, 2.24) is 0 Å². The molecule has 0 amide bonds. The third-order valence-corrected chi connectivity index (χ3v) is 1.55. The van der Waals surface area contributed by atoms with Crippen LogP contribution in [-0.2, 0) is 14.4 Å². The van der Waals surface area contributed by atoms with Crippen molar-refractivity contribution in [3.05, 3.63) is 0 Å². The van der Waals surface area contributed by atoms with Crippen LogP contribution in [0.2, 0.25) is 0 Å². The third kappa shape index (κ3) is 15.2. The number of aliphatic carboxylic acids is 3. The third-order valence-electron chi connectivity index (χ3n) is 1.55. The Morgan fingerprint density at radius 3 is 1.73 bits per heavy atom. The van der Waals surface area contributed by atoms with Crippen LogP contribution in [0.3, 0.4) is 0 Å². The van der Waals surface area contributed by atoms with Crippen LogP contribution in [0, 0.1) is 5.92 Å². The highest BCUT2D eigenvalue weighted by molar-refractivity contribution is 5.72. The zero-order valence-electron chi connectivity index (χ0n) is 8.77. The van der Waals surface area contributed by atoms with Crippen LogP contribution in [0.1, 0.15) is 33.1 Å². The van der Waals surface area contributed by atoms with Gasteiger partial charge in [-0.25, -0.2) is 0 Å². The number of hydrogen-bond acceptors (Lipinski definition) is 3. The van der Waals surface area contributed by atoms with Crippen molar-refractivity contribution in [2.24, 2.45) is 5.92 Å². The van der Waals surface area contributed by atoms with Gasteiger partial charge in [0.05, 0.1) is 5.92 Å². The van der Waals surface area contributed by atoms with Crippen molar-refractivity contribution in [1.29, 1.82) is 0 Å². The number of carbonyl (C=O) groups is 3. The van der Waals surface area contributed by atoms with Crippen LogP contribution in [0.15, 0.2) is 0 Å². The van der Waals surface area contributed by atoms with E-state index in [1.165, 1.54) is 0 Å². The molecule has 0 heterocycles. The number of rotatable bonds is 5. The van der Waals surface area contributed by atoms with Gasteiger partial charge in [-0.05, 0) is 12.8 Å². The lowest BCUT2D eigenvalue weighted by Gasteiger charge is -2.05. The summed E-state index contributed by atoms with van der Waals surface area (Å²) in [6.45, 7) is 2.82. The van der Waals surface area contributed by atoms with Gasteiger partial charge >= 0.3 is 11.9 Å². The molecule has 0 aromatic carbocycles. The van der Waals surface area contributed by atoms with Gasteiger partial charge in [0.15, 0.2) is 0 Å². The summed E-state index contributed by atoms with van der Waals surface area (Å²) in [6.07, 6.45) is 0.647. The number of carboxylic acids is 3. The second-order valence-electron chi connectivity index (χ2n) is 2.89. The van der Waals surface area contributed by atoms with E-state index in [-0.39, 0.29) is 12.8 Å². The summed E-state index contributed by atoms with van der Waals surface area (Å²) in [4.78, 5) is 29.4. The lowest BCUT2D eigenvalue weighted by molar-refractivity contribution is -0.143. The predicted molar refractivity (Wildman–Crippen MR) is 51.6 cm³/mol. The molecule has 0 fully saturated rings. The van der Waals surface area contributed by atoms with E-state index in [4.69, 9.17) is 20.1 Å². The average Bonchev–Trinajstić information content (AvgIpc) is 2.02. The fraction of sp³-hybridized carbons (Fsp3) is 0.667. The Kier molecular flexibility index (Phi) is 9.50. The Morgan fingerprint density at radius 2 is 1.53 bits per heavy atom. The lowest BCUT2D eigenvalue weighted by Crippen LogP contribution is -2.13. The lowest BCUT2D eigenvalue weighted by atomic mass is 10.0. The predicted octanol–water partition coefficient (Wildman–Crippen LogP) is 1.05. The van der Waals surface area contributed by atoms with E-state index >= 15 is 0 Å². The van der Waals surface area contributed by atoms with Crippen LogP contribution in [0.25, 0.3) is 0 Å². The maximum Gasteiger partial charge on any atom is 0.306 e. The highest BCUT2D eigenvalue weighted by atomic mass is 16.4. The van der Waals surface area contributed by atoms with Gasteiger partial charge < -0.3 is 15.3 Å². The van der Waals surface area contributed by atoms with Crippen molar-refractivity contribution in [3.63, 3.8) is 0 Å². The van der Waals surface area contributed by atoms with Gasteiger partial charge in [-0.1, -0.05) is 6.92 Å². The minimum Gasteiger partial charge on any atom is -0.481 e. The van der Waals surface area contributed by atoms with Gasteiger partial charge in [-0.2, -0.15) is 0 Å². The summed E-state index contributed by atoms with van der Waals surface area (Å²) < 4.78 is 0. The maximum absolute atomic E-state index is 10.4. The highest BCUT2D eigenvalue weighted by Gasteiger charge is 2.15. The van der Waals surface area contributed by atoms with Gasteiger partial charge in [0.1, 0.15) is 0 Å². The minimum absolute atomic E-state index is 0.0647. The molecule has 0 aliphatic heterocycles. The van der Waals surface area contributed by atoms with Gasteiger partial charge in [0, 0.05) is 13.3 Å². The molecule has 0 spiro atoms. The first kappa shape index (κ1) is 15.9. The molecule has 0 aromatic heterocycles. The van der Waals surface area contributed by atoms with E-state index in [0.717, 1.165) is 6.92 Å². The van der Waals surface area contributed by atoms with Crippen molar-refractivity contribution in [2.75, 3.05) is 0 Å². The quantitative estimate of drug-likeness (QED) is 0.638. The molecular formula is C9H16O6. The van der Waals surface area contributed by atoms with E-state index in [2.05, 4.69) is 0 Å². The van der Waals surface area contributed by atoms with Crippen molar-refractivity contribution in [3.8, 4) is 0 Å². The first-order valence-electron chi connectivity index (χ1n) is 4.45. The smallest absolute Gasteiger partial charge is 0.306 e. The zero-order valence-corrected chi connectivity index (χ0v) is 8.77. The van der Waals surface area contributed by atoms with E-state index < -0.39 is 23.8 Å². The maximum atomic E-state index is 10.4. The minimum atomic E-state index is -0.940. The van der Waals surface area contributed by atoms with E-state index in [9.17, 15) is 9.59 Å². The van der Waals surface area contributed by atoms with Crippen molar-refractivity contribution in [2.45, 2.75) is 33.1 Å². The summed E-state index contributed by atoms with van der Waals surface area (Å²) in [5.41, 5.74) is 0. The topological polar surface area (TPSA) is 112 Å². The molecule has 0 aliphatic rings. The molecule has 0 saturated carbocycles. The summed E-state index contributed by atoms with van der Waals surface area (Å²) in [6, 6.07) is 0. The van der Waals surface area contributed by atoms with Crippen molar-refractivity contribution < 1.29 is 29.7 Å². The largest absolute Gasteiger partial charge is 0.481 e. The fourth-order valence-electron chi connectivity index (χ4n) is 0.800. The van der Waals surface area contributed by atoms with Gasteiger partial charge in [-0.15, -0.1) is 0 Å². The molecule has 0 radical (unpaired) electrons. The first-order valence-corrected chi connectivity index (χ1v) is 4.45. The molecule has 88 valence electrons. The SMILES string of the molecule is CC(=O)O.CCC(CCC(=O)O)C(=O)O.